The quantitative estimate of drug-likeness (QED) is 0.152. The number of thiophene rings is 2. The first-order valence-electron chi connectivity index (χ1n) is 19.6. The van der Waals surface area contributed by atoms with Crippen LogP contribution in [0.1, 0.15) is 0 Å². The summed E-state index contributed by atoms with van der Waals surface area (Å²) in [6, 6.07) is 79.2. The average Bonchev–Trinajstić information content (AvgIpc) is 3.86. The van der Waals surface area contributed by atoms with Crippen LogP contribution in [-0.4, -0.2) is 0 Å². The third-order valence-corrected chi connectivity index (χ3v) is 13.4. The predicted molar refractivity (Wildman–Crippen MR) is 252 cm³/mol. The Bertz CT molecular complexity index is 2910. The maximum Gasteiger partial charge on any atom is 0.0475 e. The highest BCUT2D eigenvalue weighted by molar-refractivity contribution is 7.26. The standard InChI is InChI=1S/C54H36N2S2/c1-5-17-39(18-6-1)55(40-19-7-2-8-20-40)43-33-47(53-49(35-43)45-25-13-15-27-51(45)57-53)37-29-31-38(32-30-37)48-34-44(36-50-46-26-14-16-28-52(46)58-54(48)50)56(41-21-9-3-10-22-41)42-23-11-4-12-24-42/h1-36H. The van der Waals surface area contributed by atoms with Crippen LogP contribution in [0.3, 0.4) is 0 Å². The van der Waals surface area contributed by atoms with Crippen LogP contribution in [0.4, 0.5) is 34.1 Å². The molecule has 0 saturated carbocycles. The molecule has 2 aromatic heterocycles. The van der Waals surface area contributed by atoms with Crippen molar-refractivity contribution < 1.29 is 0 Å². The van der Waals surface area contributed by atoms with E-state index < -0.39 is 0 Å². The fourth-order valence-electron chi connectivity index (χ4n) is 8.34. The fourth-order valence-corrected chi connectivity index (χ4v) is 10.8. The molecule has 0 atom stereocenters. The molecule has 0 fully saturated rings. The number of fused-ring (bicyclic) bond motifs is 6. The second-order valence-electron chi connectivity index (χ2n) is 14.5. The van der Waals surface area contributed by atoms with Gasteiger partial charge in [-0.15, -0.1) is 22.7 Å². The van der Waals surface area contributed by atoms with Crippen molar-refractivity contribution in [1.82, 2.24) is 0 Å². The molecule has 4 heteroatoms. The van der Waals surface area contributed by atoms with E-state index in [1.807, 2.05) is 22.7 Å². The monoisotopic (exact) mass is 776 g/mol. The molecule has 0 radical (unpaired) electrons. The van der Waals surface area contributed by atoms with E-state index in [9.17, 15) is 0 Å². The van der Waals surface area contributed by atoms with E-state index >= 15 is 0 Å². The highest BCUT2D eigenvalue weighted by Crippen LogP contribution is 2.48. The SMILES string of the molecule is c1ccc(N(c2ccccc2)c2cc(-c3ccc(-c4cc(N(c5ccccc5)c5ccccc5)cc5c4sc4ccccc45)cc3)c3sc4ccccc4c3c2)cc1. The van der Waals surface area contributed by atoms with Gasteiger partial charge in [0.25, 0.3) is 0 Å². The molecule has 0 N–H and O–H groups in total. The molecular weight excluding hydrogens is 741 g/mol. The second-order valence-corrected chi connectivity index (χ2v) is 16.6. The largest absolute Gasteiger partial charge is 0.310 e. The van der Waals surface area contributed by atoms with E-state index in [-0.39, 0.29) is 0 Å². The zero-order chi connectivity index (χ0) is 38.4. The maximum atomic E-state index is 2.38. The molecule has 2 heterocycles. The van der Waals surface area contributed by atoms with Crippen LogP contribution in [0.25, 0.3) is 62.6 Å². The van der Waals surface area contributed by atoms with Crippen molar-refractivity contribution >= 4 is 97.1 Å². The molecule has 0 unspecified atom stereocenters. The summed E-state index contributed by atoms with van der Waals surface area (Å²) in [5.41, 5.74) is 11.6. The van der Waals surface area contributed by atoms with Crippen LogP contribution in [0.2, 0.25) is 0 Å². The number of hydrogen-bond donors (Lipinski definition) is 0. The first-order valence-corrected chi connectivity index (χ1v) is 21.2. The molecule has 274 valence electrons. The van der Waals surface area contributed by atoms with Crippen molar-refractivity contribution in [3.63, 3.8) is 0 Å². The van der Waals surface area contributed by atoms with Gasteiger partial charge < -0.3 is 9.80 Å². The van der Waals surface area contributed by atoms with Crippen LogP contribution in [0.15, 0.2) is 218 Å². The Kier molecular flexibility index (Phi) is 8.58. The van der Waals surface area contributed by atoms with Crippen molar-refractivity contribution in [1.29, 1.82) is 0 Å². The molecule has 2 nitrogen and oxygen atoms in total. The first kappa shape index (κ1) is 34.3. The van der Waals surface area contributed by atoms with Gasteiger partial charge in [0.05, 0.1) is 0 Å². The number of anilines is 6. The third kappa shape index (κ3) is 6.02. The van der Waals surface area contributed by atoms with E-state index in [0.29, 0.717) is 0 Å². The number of para-hydroxylation sites is 4. The van der Waals surface area contributed by atoms with Crippen molar-refractivity contribution in [3.8, 4) is 22.3 Å². The zero-order valence-corrected chi connectivity index (χ0v) is 33.1. The van der Waals surface area contributed by atoms with E-state index in [1.54, 1.807) is 0 Å². The minimum Gasteiger partial charge on any atom is -0.310 e. The fraction of sp³-hybridized carbons (Fsp3) is 0. The van der Waals surface area contributed by atoms with Gasteiger partial charge in [-0.3, -0.25) is 0 Å². The molecule has 0 spiro atoms. The normalized spacial score (nSPS) is 11.4. The van der Waals surface area contributed by atoms with Crippen LogP contribution < -0.4 is 9.80 Å². The average molecular weight is 777 g/mol. The smallest absolute Gasteiger partial charge is 0.0475 e. The molecule has 9 aromatic carbocycles. The van der Waals surface area contributed by atoms with Crippen molar-refractivity contribution in [3.05, 3.63) is 218 Å². The molecule has 0 aliphatic rings. The summed E-state index contributed by atoms with van der Waals surface area (Å²) in [5.74, 6) is 0. The summed E-state index contributed by atoms with van der Waals surface area (Å²) in [6.07, 6.45) is 0. The summed E-state index contributed by atoms with van der Waals surface area (Å²) < 4.78 is 5.19. The molecule has 0 bridgehead atoms. The summed E-state index contributed by atoms with van der Waals surface area (Å²) in [4.78, 5) is 4.75. The van der Waals surface area contributed by atoms with Gasteiger partial charge in [-0.05, 0) is 96.1 Å². The molecule has 58 heavy (non-hydrogen) atoms. The van der Waals surface area contributed by atoms with E-state index in [4.69, 9.17) is 0 Å². The lowest BCUT2D eigenvalue weighted by Gasteiger charge is -2.26. The van der Waals surface area contributed by atoms with Crippen LogP contribution in [-0.2, 0) is 0 Å². The van der Waals surface area contributed by atoms with Gasteiger partial charge >= 0.3 is 0 Å². The molecular formula is C54H36N2S2. The van der Waals surface area contributed by atoms with Crippen LogP contribution >= 0.6 is 22.7 Å². The molecule has 0 amide bonds. The lowest BCUT2D eigenvalue weighted by atomic mass is 9.96. The lowest BCUT2D eigenvalue weighted by molar-refractivity contribution is 1.29. The van der Waals surface area contributed by atoms with E-state index in [0.717, 1.165) is 34.1 Å². The second kappa shape index (κ2) is 14.5. The number of rotatable bonds is 8. The Morgan fingerprint density at radius 3 is 0.914 bits per heavy atom. The molecule has 0 aliphatic carbocycles. The van der Waals surface area contributed by atoms with E-state index in [1.165, 1.54) is 62.6 Å². The number of nitrogens with zero attached hydrogens (tertiary/aromatic N) is 2. The van der Waals surface area contributed by atoms with Crippen molar-refractivity contribution in [2.75, 3.05) is 9.80 Å². The van der Waals surface area contributed by atoms with Gasteiger partial charge in [-0.25, -0.2) is 0 Å². The van der Waals surface area contributed by atoms with Gasteiger partial charge in [0.2, 0.25) is 0 Å². The van der Waals surface area contributed by atoms with Crippen LogP contribution in [0, 0.1) is 0 Å². The van der Waals surface area contributed by atoms with Crippen molar-refractivity contribution in [2.24, 2.45) is 0 Å². The third-order valence-electron chi connectivity index (χ3n) is 11.0. The van der Waals surface area contributed by atoms with Gasteiger partial charge in [-0.2, -0.15) is 0 Å². The predicted octanol–water partition coefficient (Wildman–Crippen LogP) is 16.7. The highest BCUT2D eigenvalue weighted by Gasteiger charge is 2.21. The topological polar surface area (TPSA) is 6.48 Å². The Balaban J connectivity index is 1.10. The Hall–Kier alpha value is -6.98. The lowest BCUT2D eigenvalue weighted by Crippen LogP contribution is -2.09. The highest BCUT2D eigenvalue weighted by atomic mass is 32.1. The molecule has 11 aromatic rings. The van der Waals surface area contributed by atoms with Gasteiger partial charge in [0, 0.05) is 85.6 Å². The Labute approximate surface area is 345 Å². The summed E-state index contributed by atoms with van der Waals surface area (Å²) >= 11 is 3.76. The summed E-state index contributed by atoms with van der Waals surface area (Å²) in [7, 11) is 0. The molecule has 11 rings (SSSR count). The zero-order valence-electron chi connectivity index (χ0n) is 31.5. The molecule has 0 aliphatic heterocycles. The van der Waals surface area contributed by atoms with E-state index in [2.05, 4.69) is 228 Å². The summed E-state index contributed by atoms with van der Waals surface area (Å²) in [6.45, 7) is 0. The van der Waals surface area contributed by atoms with Gasteiger partial charge in [0.1, 0.15) is 0 Å². The van der Waals surface area contributed by atoms with Crippen LogP contribution in [0.5, 0.6) is 0 Å². The maximum absolute atomic E-state index is 2.38. The van der Waals surface area contributed by atoms with Gasteiger partial charge in [0.15, 0.2) is 0 Å². The Morgan fingerprint density at radius 1 is 0.259 bits per heavy atom. The summed E-state index contributed by atoms with van der Waals surface area (Å²) in [5, 5.41) is 5.12. The molecule has 0 saturated heterocycles. The minimum absolute atomic E-state index is 1.13. The Morgan fingerprint density at radius 2 is 0.569 bits per heavy atom. The minimum atomic E-state index is 1.13. The van der Waals surface area contributed by atoms with Gasteiger partial charge in [-0.1, -0.05) is 133 Å². The first-order chi connectivity index (χ1) is 28.8. The number of benzene rings is 9. The number of hydrogen-bond acceptors (Lipinski definition) is 4. The van der Waals surface area contributed by atoms with Crippen molar-refractivity contribution in [2.45, 2.75) is 0 Å².